The number of nitrogens with zero attached hydrogens (tertiary/aromatic N) is 1. The molecule has 1 saturated heterocycles. The van der Waals surface area contributed by atoms with Gasteiger partial charge in [-0.25, -0.2) is 0 Å². The number of rotatable bonds is 6. The number of carbonyl (C=O) groups is 3. The molecule has 0 spiro atoms. The largest absolute Gasteiger partial charge is 0.496 e. The predicted octanol–water partition coefficient (Wildman–Crippen LogP) is 1.83. The van der Waals surface area contributed by atoms with Crippen molar-refractivity contribution in [1.82, 2.24) is 4.90 Å². The Balaban J connectivity index is 2.42. The number of benzene rings is 1. The van der Waals surface area contributed by atoms with Crippen LogP contribution in [0, 0.1) is 0 Å². The van der Waals surface area contributed by atoms with E-state index in [0.29, 0.717) is 39.5 Å². The van der Waals surface area contributed by atoms with Gasteiger partial charge in [-0.15, -0.1) is 0 Å². The topological polar surface area (TPSA) is 102 Å². The number of methoxy groups -OCH3 is 3. The molecule has 0 aliphatic carbocycles. The Morgan fingerprint density at radius 1 is 1.12 bits per heavy atom. The number of aliphatic carboxylic acids is 1. The molecule has 1 aromatic carbocycles. The molecular weight excluding hydrogens is 338 g/mol. The molecule has 1 aliphatic heterocycles. The van der Waals surface area contributed by atoms with Gasteiger partial charge in [0.1, 0.15) is 12.3 Å². The molecule has 2 rings (SSSR count). The number of thioether (sulfide) groups is 1. The first-order valence-electron chi connectivity index (χ1n) is 6.68. The van der Waals surface area contributed by atoms with E-state index in [1.165, 1.54) is 27.4 Å². The monoisotopic (exact) mass is 353 g/mol. The van der Waals surface area contributed by atoms with Crippen molar-refractivity contribution in [2.45, 2.75) is 0 Å². The second kappa shape index (κ2) is 7.26. The lowest BCUT2D eigenvalue weighted by atomic mass is 10.1. The van der Waals surface area contributed by atoms with Crippen molar-refractivity contribution in [3.8, 4) is 17.2 Å². The Morgan fingerprint density at radius 3 is 2.25 bits per heavy atom. The number of imide groups is 1. The molecule has 0 atom stereocenters. The molecule has 8 nitrogen and oxygen atoms in total. The number of hydrogen-bond acceptors (Lipinski definition) is 7. The lowest BCUT2D eigenvalue weighted by Crippen LogP contribution is -2.33. The van der Waals surface area contributed by atoms with Crippen LogP contribution in [-0.2, 0) is 9.59 Å². The Hall–Kier alpha value is -2.68. The van der Waals surface area contributed by atoms with E-state index >= 15 is 0 Å². The standard InChI is InChI=1S/C15H15NO7S/c1-21-9-6-11(23-3)10(22-2)4-8(9)5-12-14(19)16(7-13(17)18)15(20)24-12/h4-6H,7H2,1-3H3,(H,17,18)/b12-5+. The number of carbonyl (C=O) groups excluding carboxylic acids is 2. The van der Waals surface area contributed by atoms with Crippen LogP contribution in [0.5, 0.6) is 17.2 Å². The van der Waals surface area contributed by atoms with Gasteiger partial charge in [0.25, 0.3) is 11.1 Å². The van der Waals surface area contributed by atoms with E-state index in [2.05, 4.69) is 0 Å². The minimum absolute atomic E-state index is 0.103. The van der Waals surface area contributed by atoms with Gasteiger partial charge in [0.05, 0.1) is 26.2 Å². The Labute approximate surface area is 142 Å². The average Bonchev–Trinajstić information content (AvgIpc) is 2.81. The highest BCUT2D eigenvalue weighted by Crippen LogP contribution is 2.38. The molecule has 128 valence electrons. The zero-order valence-corrected chi connectivity index (χ0v) is 14.0. The van der Waals surface area contributed by atoms with Crippen molar-refractivity contribution in [3.05, 3.63) is 22.6 Å². The normalized spacial score (nSPS) is 15.8. The molecule has 24 heavy (non-hydrogen) atoms. The van der Waals surface area contributed by atoms with Crippen LogP contribution in [0.4, 0.5) is 4.79 Å². The smallest absolute Gasteiger partial charge is 0.323 e. The van der Waals surface area contributed by atoms with Crippen LogP contribution >= 0.6 is 11.8 Å². The molecule has 1 aliphatic rings. The van der Waals surface area contributed by atoms with Gasteiger partial charge in [-0.2, -0.15) is 0 Å². The number of carboxylic acid groups (broad SMARTS) is 1. The third-order valence-electron chi connectivity index (χ3n) is 3.19. The van der Waals surface area contributed by atoms with E-state index in [1.54, 1.807) is 12.1 Å². The number of hydrogen-bond donors (Lipinski definition) is 1. The highest BCUT2D eigenvalue weighted by molar-refractivity contribution is 8.18. The van der Waals surface area contributed by atoms with E-state index in [-0.39, 0.29) is 4.91 Å². The van der Waals surface area contributed by atoms with E-state index in [4.69, 9.17) is 19.3 Å². The molecule has 0 aromatic heterocycles. The maximum absolute atomic E-state index is 12.2. The first-order chi connectivity index (χ1) is 11.4. The average molecular weight is 353 g/mol. The maximum atomic E-state index is 12.2. The number of carboxylic acids is 1. The molecule has 0 bridgehead atoms. The zero-order chi connectivity index (χ0) is 17.9. The highest BCUT2D eigenvalue weighted by atomic mass is 32.2. The van der Waals surface area contributed by atoms with E-state index in [0.717, 1.165) is 0 Å². The number of amides is 2. The first kappa shape index (κ1) is 17.7. The first-order valence-corrected chi connectivity index (χ1v) is 7.50. The number of ether oxygens (including phenoxy) is 3. The summed E-state index contributed by atoms with van der Waals surface area (Å²) < 4.78 is 15.6. The van der Waals surface area contributed by atoms with Crippen LogP contribution in [0.3, 0.4) is 0 Å². The third-order valence-corrected chi connectivity index (χ3v) is 4.10. The van der Waals surface area contributed by atoms with Crippen molar-refractivity contribution in [2.24, 2.45) is 0 Å². The molecule has 1 N–H and O–H groups in total. The van der Waals surface area contributed by atoms with Crippen molar-refractivity contribution in [2.75, 3.05) is 27.9 Å². The summed E-state index contributed by atoms with van der Waals surface area (Å²) in [5.41, 5.74) is 0.496. The Bertz CT molecular complexity index is 729. The van der Waals surface area contributed by atoms with Crippen LogP contribution in [-0.4, -0.2) is 55.0 Å². The van der Waals surface area contributed by atoms with Gasteiger partial charge in [-0.1, -0.05) is 0 Å². The van der Waals surface area contributed by atoms with Crippen molar-refractivity contribution in [3.63, 3.8) is 0 Å². The second-order valence-corrected chi connectivity index (χ2v) is 5.60. The second-order valence-electron chi connectivity index (χ2n) is 4.61. The summed E-state index contributed by atoms with van der Waals surface area (Å²) in [6, 6.07) is 3.19. The SMILES string of the molecule is COc1cc(OC)c(OC)cc1/C=C1/SC(=O)N(CC(=O)O)C1=O. The fourth-order valence-corrected chi connectivity index (χ4v) is 2.91. The lowest BCUT2D eigenvalue weighted by molar-refractivity contribution is -0.140. The minimum atomic E-state index is -1.26. The summed E-state index contributed by atoms with van der Waals surface area (Å²) in [5, 5.41) is 8.14. The summed E-state index contributed by atoms with van der Waals surface area (Å²) >= 11 is 0.669. The van der Waals surface area contributed by atoms with Crippen LogP contribution in [0.1, 0.15) is 5.56 Å². The quantitative estimate of drug-likeness (QED) is 0.773. The molecule has 2 amide bonds. The molecule has 9 heteroatoms. The van der Waals surface area contributed by atoms with Gasteiger partial charge >= 0.3 is 5.97 Å². The van der Waals surface area contributed by atoms with Crippen LogP contribution in [0.15, 0.2) is 17.0 Å². The molecule has 1 heterocycles. The lowest BCUT2D eigenvalue weighted by Gasteiger charge is -2.12. The van der Waals surface area contributed by atoms with Gasteiger partial charge in [0, 0.05) is 11.6 Å². The summed E-state index contributed by atoms with van der Waals surface area (Å²) in [4.78, 5) is 35.5. The van der Waals surface area contributed by atoms with E-state index in [9.17, 15) is 14.4 Å². The minimum Gasteiger partial charge on any atom is -0.496 e. The van der Waals surface area contributed by atoms with Gasteiger partial charge in [0.2, 0.25) is 0 Å². The molecule has 0 saturated carbocycles. The summed E-state index contributed by atoms with van der Waals surface area (Å²) in [7, 11) is 4.40. The molecule has 1 aromatic rings. The predicted molar refractivity (Wildman–Crippen MR) is 86.4 cm³/mol. The van der Waals surface area contributed by atoms with Crippen molar-refractivity contribution < 1.29 is 33.7 Å². The van der Waals surface area contributed by atoms with Gasteiger partial charge < -0.3 is 19.3 Å². The zero-order valence-electron chi connectivity index (χ0n) is 13.2. The fourth-order valence-electron chi connectivity index (χ4n) is 2.08. The highest BCUT2D eigenvalue weighted by Gasteiger charge is 2.36. The molecule has 0 unspecified atom stereocenters. The van der Waals surface area contributed by atoms with Crippen LogP contribution in [0.2, 0.25) is 0 Å². The summed E-state index contributed by atoms with van der Waals surface area (Å²) in [6.45, 7) is -0.676. The fraction of sp³-hybridized carbons (Fsp3) is 0.267. The molecular formula is C15H15NO7S. The van der Waals surface area contributed by atoms with Crippen molar-refractivity contribution in [1.29, 1.82) is 0 Å². The van der Waals surface area contributed by atoms with Crippen LogP contribution < -0.4 is 14.2 Å². The summed E-state index contributed by atoms with van der Waals surface area (Å²) in [6.07, 6.45) is 1.45. The maximum Gasteiger partial charge on any atom is 0.323 e. The van der Waals surface area contributed by atoms with Gasteiger partial charge in [0.15, 0.2) is 11.5 Å². The van der Waals surface area contributed by atoms with Crippen LogP contribution in [0.25, 0.3) is 6.08 Å². The Kier molecular flexibility index (Phi) is 5.35. The van der Waals surface area contributed by atoms with E-state index in [1.807, 2.05) is 0 Å². The van der Waals surface area contributed by atoms with E-state index < -0.39 is 23.7 Å². The molecule has 0 radical (unpaired) electrons. The third kappa shape index (κ3) is 3.46. The molecule has 1 fully saturated rings. The Morgan fingerprint density at radius 2 is 1.71 bits per heavy atom. The summed E-state index contributed by atoms with van der Waals surface area (Å²) in [5.74, 6) is -0.635. The van der Waals surface area contributed by atoms with Gasteiger partial charge in [-0.3, -0.25) is 19.3 Å². The van der Waals surface area contributed by atoms with Crippen molar-refractivity contribution >= 4 is 35.0 Å². The van der Waals surface area contributed by atoms with Gasteiger partial charge in [-0.05, 0) is 23.9 Å².